The maximum atomic E-state index is 5.25. The van der Waals surface area contributed by atoms with E-state index in [1.807, 2.05) is 146 Å². The van der Waals surface area contributed by atoms with Crippen molar-refractivity contribution in [3.8, 4) is 136 Å². The van der Waals surface area contributed by atoms with Gasteiger partial charge in [-0.25, -0.2) is 54.8 Å². The van der Waals surface area contributed by atoms with Crippen LogP contribution in [0.5, 0.6) is 0 Å². The molecular weight excluding hydrogens is 1730 g/mol. The molecule has 0 radical (unpaired) electrons. The fourth-order valence-electron chi connectivity index (χ4n) is 19.7. The van der Waals surface area contributed by atoms with Gasteiger partial charge < -0.3 is 0 Å². The Balaban J connectivity index is 0.000000110. The Morgan fingerprint density at radius 3 is 0.676 bits per heavy atom. The number of para-hydroxylation sites is 3. The van der Waals surface area contributed by atoms with Gasteiger partial charge >= 0.3 is 0 Å². The molecule has 0 saturated carbocycles. The van der Waals surface area contributed by atoms with Crippen molar-refractivity contribution < 1.29 is 0 Å². The summed E-state index contributed by atoms with van der Waals surface area (Å²) in [4.78, 5) is 70.0. The quantitative estimate of drug-likeness (QED) is 0.105. The Kier molecular flexibility index (Phi) is 20.9. The zero-order valence-electron chi connectivity index (χ0n) is 76.3. The van der Waals surface area contributed by atoms with Gasteiger partial charge in [0.15, 0.2) is 40.8 Å². The second kappa shape index (κ2) is 35.7. The van der Waals surface area contributed by atoms with Crippen LogP contribution < -0.4 is 0 Å². The highest BCUT2D eigenvalue weighted by Crippen LogP contribution is 2.44. The van der Waals surface area contributed by atoms with E-state index >= 15 is 0 Å². The Hall–Kier alpha value is -19.4. The van der Waals surface area contributed by atoms with Crippen LogP contribution in [0.1, 0.15) is 0 Å². The Morgan fingerprint density at radius 2 is 0.345 bits per heavy atom. The molecule has 28 rings (SSSR count). The van der Waals surface area contributed by atoms with Crippen molar-refractivity contribution >= 4 is 140 Å². The Labute approximate surface area is 814 Å². The molecule has 0 fully saturated rings. The molecule has 14 nitrogen and oxygen atoms in total. The number of hydrogen-bond acceptors (Lipinski definition) is 14. The molecule has 0 aliphatic carbocycles. The lowest BCUT2D eigenvalue weighted by molar-refractivity contribution is 1.06. The van der Waals surface area contributed by atoms with Crippen LogP contribution in [0, 0.1) is 0 Å². The molecule has 0 N–H and O–H groups in total. The first-order valence-electron chi connectivity index (χ1n) is 47.3. The summed E-state index contributed by atoms with van der Waals surface area (Å²) in [5, 5.41) is 26.6. The van der Waals surface area contributed by atoms with Crippen LogP contribution in [0.4, 0.5) is 0 Å². The second-order valence-corrected chi connectivity index (χ2v) is 35.4. The van der Waals surface area contributed by atoms with E-state index in [-0.39, 0.29) is 0 Å². The molecule has 0 aliphatic rings. The van der Waals surface area contributed by atoms with Crippen molar-refractivity contribution in [1.82, 2.24) is 69.8 Å². The fourth-order valence-corrected chi connectivity index (χ4v) is 19.7. The molecule has 14 heteroatoms. The van der Waals surface area contributed by atoms with E-state index in [4.69, 9.17) is 69.8 Å². The van der Waals surface area contributed by atoms with Gasteiger partial charge in [0.1, 0.15) is 17.1 Å². The second-order valence-electron chi connectivity index (χ2n) is 35.4. The van der Waals surface area contributed by atoms with E-state index in [1.165, 1.54) is 53.9 Å². The first-order valence-corrected chi connectivity index (χ1v) is 47.3. The van der Waals surface area contributed by atoms with Crippen LogP contribution in [-0.4, -0.2) is 69.8 Å². The highest BCUT2D eigenvalue weighted by molar-refractivity contribution is 6.18. The molecular formula is C128H78N14. The van der Waals surface area contributed by atoms with Crippen molar-refractivity contribution in [3.05, 3.63) is 474 Å². The standard InChI is InChI=1S/C46H28N4.C45H27N5.C37H23N5/c1-4-14-33-30(12-1)25-39(37-18-8-6-16-35(33)37)44-27-45(40-26-31-13-2-5-15-34(31)36-17-7-9-19-38(36)40)50-46(49-44)43-24-22-32(28-47-43)42-23-21-29-11-3-10-20-41(29)48-42;1-4-14-32-29(12-1)25-38(36-18-8-6-16-34(32)36)43-48-44(39-26-30-13-2-5-15-33(30)35-17-7-9-19-37(35)39)50-45(49-43)42-24-22-31(27-46-42)41-23-21-28-11-3-10-20-40(28)47-41;1-3-10-27-21-29(15-13-24(27)7-1)35-40-36(30-16-14-25-8-2-4-11-28(25)22-30)42-37(41-35)34-20-18-31(23-38-34)33-19-17-26-9-5-6-12-32(26)39-33/h1-28H;1-27H;1-23H. The van der Waals surface area contributed by atoms with E-state index in [2.05, 4.69) is 328 Å². The summed E-state index contributed by atoms with van der Waals surface area (Å²) in [6.45, 7) is 0. The molecule has 0 bridgehead atoms. The molecule has 0 saturated heterocycles. The third-order valence-corrected chi connectivity index (χ3v) is 26.8. The highest BCUT2D eigenvalue weighted by Gasteiger charge is 2.24. The lowest BCUT2D eigenvalue weighted by atomic mass is 9.93. The van der Waals surface area contributed by atoms with E-state index in [1.54, 1.807) is 0 Å². The normalized spacial score (nSPS) is 11.5. The molecule has 0 aliphatic heterocycles. The smallest absolute Gasteiger partial charge is 0.182 e. The van der Waals surface area contributed by atoms with Gasteiger partial charge in [-0.3, -0.25) is 15.0 Å². The van der Waals surface area contributed by atoms with Crippen LogP contribution in [-0.2, 0) is 0 Å². The van der Waals surface area contributed by atoms with Crippen molar-refractivity contribution in [2.75, 3.05) is 0 Å². The number of hydrogen-bond donors (Lipinski definition) is 0. The minimum atomic E-state index is 0.512. The average Bonchev–Trinajstić information content (AvgIpc) is 0.743. The Morgan fingerprint density at radius 1 is 0.113 bits per heavy atom. The van der Waals surface area contributed by atoms with Crippen LogP contribution in [0.25, 0.3) is 277 Å². The van der Waals surface area contributed by atoms with Gasteiger partial charge in [-0.05, 0) is 223 Å². The molecule has 9 aromatic heterocycles. The van der Waals surface area contributed by atoms with Gasteiger partial charge in [-0.2, -0.15) is 0 Å². The predicted molar refractivity (Wildman–Crippen MR) is 581 cm³/mol. The van der Waals surface area contributed by atoms with Crippen LogP contribution in [0.15, 0.2) is 474 Å². The number of fused-ring (bicyclic) bond motifs is 17. The van der Waals surface area contributed by atoms with E-state index in [0.717, 1.165) is 165 Å². The fraction of sp³-hybridized carbons (Fsp3) is 0. The van der Waals surface area contributed by atoms with Crippen LogP contribution in [0.3, 0.4) is 0 Å². The molecule has 142 heavy (non-hydrogen) atoms. The molecule has 660 valence electrons. The van der Waals surface area contributed by atoms with E-state index in [9.17, 15) is 0 Å². The monoisotopic (exact) mass is 1810 g/mol. The number of benzene rings is 19. The van der Waals surface area contributed by atoms with E-state index < -0.39 is 0 Å². The summed E-state index contributed by atoms with van der Waals surface area (Å²) in [6, 6.07) is 157. The summed E-state index contributed by atoms with van der Waals surface area (Å²) in [7, 11) is 0. The van der Waals surface area contributed by atoms with E-state index in [0.29, 0.717) is 57.9 Å². The molecule has 28 aromatic rings. The summed E-state index contributed by atoms with van der Waals surface area (Å²) in [6.07, 6.45) is 5.56. The molecule has 0 amide bonds. The van der Waals surface area contributed by atoms with Gasteiger partial charge in [0.2, 0.25) is 0 Å². The molecule has 9 heterocycles. The van der Waals surface area contributed by atoms with Crippen molar-refractivity contribution in [3.63, 3.8) is 0 Å². The van der Waals surface area contributed by atoms with Crippen molar-refractivity contribution in [2.24, 2.45) is 0 Å². The first-order chi connectivity index (χ1) is 70.3. The van der Waals surface area contributed by atoms with Gasteiger partial charge in [0.05, 0.1) is 45.0 Å². The van der Waals surface area contributed by atoms with Crippen LogP contribution >= 0.6 is 0 Å². The third kappa shape index (κ3) is 15.8. The van der Waals surface area contributed by atoms with Gasteiger partial charge in [0, 0.05) is 84.8 Å². The summed E-state index contributed by atoms with van der Waals surface area (Å²) >= 11 is 0. The molecule has 0 spiro atoms. The first kappa shape index (κ1) is 83.2. The zero-order chi connectivity index (χ0) is 93.9. The molecule has 19 aromatic carbocycles. The molecule has 0 unspecified atom stereocenters. The third-order valence-electron chi connectivity index (χ3n) is 26.8. The number of pyridine rings is 6. The van der Waals surface area contributed by atoms with Gasteiger partial charge in [0.25, 0.3) is 0 Å². The maximum absolute atomic E-state index is 5.25. The predicted octanol–water partition coefficient (Wildman–Crippen LogP) is 31.6. The Bertz CT molecular complexity index is 9130. The summed E-state index contributed by atoms with van der Waals surface area (Å²) < 4.78 is 0. The van der Waals surface area contributed by atoms with Gasteiger partial charge in [-0.1, -0.05) is 340 Å². The minimum Gasteiger partial charge on any atom is -0.252 e. The lowest BCUT2D eigenvalue weighted by Gasteiger charge is -2.15. The number of nitrogens with zero attached hydrogens (tertiary/aromatic N) is 14. The van der Waals surface area contributed by atoms with Crippen molar-refractivity contribution in [1.29, 1.82) is 0 Å². The zero-order valence-corrected chi connectivity index (χ0v) is 76.3. The SMILES string of the molecule is c1ccc2cc(-c3nc(-c4ccc5ccccc5c4)nc(-c4ccc(-c5ccc6ccccc6n5)cn4)n3)ccc2c1.c1ccc2nc(-c3ccc(-c4nc(-c5cc6ccccc6c6ccccc56)cc(-c5cc6ccccc6c6ccccc56)n4)nc3)ccc2c1.c1ccc2nc(-c3ccc(-c4nc(-c5cc6ccccc6c6ccccc56)nc(-c5cc6ccccc6c6ccccc56)n4)nc3)ccc2c1. The van der Waals surface area contributed by atoms with Crippen molar-refractivity contribution in [2.45, 2.75) is 0 Å². The maximum Gasteiger partial charge on any atom is 0.182 e. The van der Waals surface area contributed by atoms with Gasteiger partial charge in [-0.15, -0.1) is 0 Å². The molecule has 0 atom stereocenters. The topological polar surface area (TPSA) is 180 Å². The highest BCUT2D eigenvalue weighted by atomic mass is 15.1. The average molecular weight is 1810 g/mol. The lowest BCUT2D eigenvalue weighted by Crippen LogP contribution is -2.02. The minimum absolute atomic E-state index is 0.512. The summed E-state index contributed by atoms with van der Waals surface area (Å²) in [5.74, 6) is 4.03. The number of aromatic nitrogens is 14. The number of rotatable bonds is 12. The summed E-state index contributed by atoms with van der Waals surface area (Å²) in [5.41, 5.74) is 17.9. The largest absolute Gasteiger partial charge is 0.252 e. The van der Waals surface area contributed by atoms with Crippen LogP contribution in [0.2, 0.25) is 0 Å².